The van der Waals surface area contributed by atoms with E-state index in [1.165, 1.54) is 11.3 Å². The molecule has 1 atom stereocenters. The Kier molecular flexibility index (Phi) is 7.51. The van der Waals surface area contributed by atoms with Gasteiger partial charge in [0.25, 0.3) is 5.91 Å². The Balaban J connectivity index is 1.52. The van der Waals surface area contributed by atoms with Gasteiger partial charge in [-0.3, -0.25) is 14.9 Å². The molecule has 172 valence electrons. The van der Waals surface area contributed by atoms with Crippen molar-refractivity contribution in [1.29, 1.82) is 0 Å². The molecule has 0 aliphatic heterocycles. The Morgan fingerprint density at radius 2 is 1.79 bits per heavy atom. The predicted octanol–water partition coefficient (Wildman–Crippen LogP) is 4.85. The molecule has 0 fully saturated rings. The molecule has 34 heavy (non-hydrogen) atoms. The number of ether oxygens (including phenoxy) is 1. The molecule has 0 radical (unpaired) electrons. The second-order valence-corrected chi connectivity index (χ2v) is 8.77. The summed E-state index contributed by atoms with van der Waals surface area (Å²) in [5.74, 6) is -0.0922. The second-order valence-electron chi connectivity index (χ2n) is 7.36. The van der Waals surface area contributed by atoms with Gasteiger partial charge >= 0.3 is 0 Å². The first-order valence-electron chi connectivity index (χ1n) is 10.4. The van der Waals surface area contributed by atoms with Crippen LogP contribution in [0.3, 0.4) is 0 Å². The lowest BCUT2D eigenvalue weighted by atomic mass is 10.0. The van der Waals surface area contributed by atoms with E-state index in [1.807, 2.05) is 54.6 Å². The zero-order valence-electron chi connectivity index (χ0n) is 18.2. The van der Waals surface area contributed by atoms with Crippen LogP contribution in [0.15, 0.2) is 78.9 Å². The van der Waals surface area contributed by atoms with Crippen LogP contribution in [0.4, 0.5) is 5.13 Å². The molecule has 7 nitrogen and oxygen atoms in total. The minimum atomic E-state index is -0.835. The molecule has 2 N–H and O–H groups in total. The van der Waals surface area contributed by atoms with E-state index in [4.69, 9.17) is 16.3 Å². The summed E-state index contributed by atoms with van der Waals surface area (Å²) in [5, 5.41) is 15.3. The molecule has 3 aromatic carbocycles. The number of nitrogens with one attached hydrogen (secondary N) is 2. The van der Waals surface area contributed by atoms with E-state index in [-0.39, 0.29) is 0 Å². The summed E-state index contributed by atoms with van der Waals surface area (Å²) in [5.41, 5.74) is 2.10. The fourth-order valence-electron chi connectivity index (χ4n) is 3.27. The number of anilines is 1. The maximum atomic E-state index is 13.2. The molecule has 0 unspecified atom stereocenters. The molecule has 1 aromatic heterocycles. The summed E-state index contributed by atoms with van der Waals surface area (Å²) in [6.45, 7) is 0. The summed E-state index contributed by atoms with van der Waals surface area (Å²) in [6.07, 6.45) is 0.306. The normalized spacial score (nSPS) is 11.5. The first-order chi connectivity index (χ1) is 16.5. The van der Waals surface area contributed by atoms with Crippen molar-refractivity contribution in [3.63, 3.8) is 0 Å². The van der Waals surface area contributed by atoms with Gasteiger partial charge in [-0.05, 0) is 35.9 Å². The summed E-state index contributed by atoms with van der Waals surface area (Å²) >= 11 is 7.25. The third-order valence-electron chi connectivity index (χ3n) is 4.96. The number of hydrogen-bond acceptors (Lipinski definition) is 6. The Morgan fingerprint density at radius 3 is 2.56 bits per heavy atom. The summed E-state index contributed by atoms with van der Waals surface area (Å²) in [4.78, 5) is 26.0. The third kappa shape index (κ3) is 5.98. The van der Waals surface area contributed by atoms with Crippen LogP contribution in [0.1, 0.15) is 15.9 Å². The molecule has 4 aromatic rings. The summed E-state index contributed by atoms with van der Waals surface area (Å²) in [7, 11) is 1.59. The Morgan fingerprint density at radius 1 is 1.00 bits per heavy atom. The number of nitrogens with zero attached hydrogens (tertiary/aromatic N) is 2. The van der Waals surface area contributed by atoms with Crippen LogP contribution < -0.4 is 15.4 Å². The first kappa shape index (κ1) is 23.4. The van der Waals surface area contributed by atoms with Crippen LogP contribution >= 0.6 is 22.9 Å². The van der Waals surface area contributed by atoms with Gasteiger partial charge in [0, 0.05) is 22.6 Å². The summed E-state index contributed by atoms with van der Waals surface area (Å²) < 4.78 is 5.25. The molecule has 0 saturated carbocycles. The van der Waals surface area contributed by atoms with E-state index in [2.05, 4.69) is 20.8 Å². The molecule has 0 bridgehead atoms. The maximum Gasteiger partial charge on any atom is 0.251 e. The monoisotopic (exact) mass is 492 g/mol. The fraction of sp³-hybridized carbons (Fsp3) is 0.120. The van der Waals surface area contributed by atoms with E-state index < -0.39 is 17.9 Å². The molecule has 4 rings (SSSR count). The zero-order valence-corrected chi connectivity index (χ0v) is 19.8. The highest BCUT2D eigenvalue weighted by atomic mass is 35.5. The molecule has 0 aliphatic carbocycles. The largest absolute Gasteiger partial charge is 0.497 e. The Bertz CT molecular complexity index is 1300. The van der Waals surface area contributed by atoms with E-state index in [1.54, 1.807) is 31.4 Å². The second kappa shape index (κ2) is 10.9. The minimum absolute atomic E-state index is 0.306. The van der Waals surface area contributed by atoms with Gasteiger partial charge in [0.1, 0.15) is 16.8 Å². The lowest BCUT2D eigenvalue weighted by Crippen LogP contribution is -2.45. The van der Waals surface area contributed by atoms with Gasteiger partial charge in [-0.25, -0.2) is 0 Å². The summed E-state index contributed by atoms with van der Waals surface area (Å²) in [6, 6.07) is 22.6. The highest BCUT2D eigenvalue weighted by molar-refractivity contribution is 7.18. The molecular formula is C25H21ClN4O3S. The van der Waals surface area contributed by atoms with Gasteiger partial charge < -0.3 is 10.1 Å². The quantitative estimate of drug-likeness (QED) is 0.367. The van der Waals surface area contributed by atoms with Crippen molar-refractivity contribution in [1.82, 2.24) is 15.5 Å². The lowest BCUT2D eigenvalue weighted by Gasteiger charge is -2.18. The molecule has 0 saturated heterocycles. The van der Waals surface area contributed by atoms with Crippen LogP contribution in [0.5, 0.6) is 5.75 Å². The molecule has 9 heteroatoms. The van der Waals surface area contributed by atoms with E-state index in [9.17, 15) is 9.59 Å². The number of benzene rings is 3. The van der Waals surface area contributed by atoms with Crippen molar-refractivity contribution >= 4 is 39.9 Å². The van der Waals surface area contributed by atoms with Crippen molar-refractivity contribution in [2.45, 2.75) is 12.5 Å². The smallest absolute Gasteiger partial charge is 0.251 e. The van der Waals surface area contributed by atoms with Gasteiger partial charge in [0.2, 0.25) is 11.0 Å². The van der Waals surface area contributed by atoms with Crippen molar-refractivity contribution in [2.24, 2.45) is 0 Å². The molecule has 2 amide bonds. The lowest BCUT2D eigenvalue weighted by molar-refractivity contribution is -0.118. The van der Waals surface area contributed by atoms with Gasteiger partial charge in [-0.15, -0.1) is 10.2 Å². The van der Waals surface area contributed by atoms with Crippen molar-refractivity contribution in [3.05, 3.63) is 95.0 Å². The topological polar surface area (TPSA) is 93.2 Å². The van der Waals surface area contributed by atoms with Crippen LogP contribution in [0.25, 0.3) is 10.6 Å². The number of methoxy groups -OCH3 is 1. The van der Waals surface area contributed by atoms with Gasteiger partial charge in [-0.2, -0.15) is 0 Å². The molecule has 0 spiro atoms. The maximum absolute atomic E-state index is 13.2. The zero-order chi connectivity index (χ0) is 23.9. The Labute approximate surface area is 205 Å². The highest BCUT2D eigenvalue weighted by Gasteiger charge is 2.23. The van der Waals surface area contributed by atoms with E-state index >= 15 is 0 Å². The number of halogens is 1. The third-order valence-corrected chi connectivity index (χ3v) is 6.09. The van der Waals surface area contributed by atoms with Crippen molar-refractivity contribution in [2.75, 3.05) is 12.4 Å². The predicted molar refractivity (Wildman–Crippen MR) is 133 cm³/mol. The number of carbonyl (C=O) groups is 2. The molecule has 0 aliphatic rings. The number of amides is 2. The van der Waals surface area contributed by atoms with Gasteiger partial charge in [0.15, 0.2) is 0 Å². The number of rotatable bonds is 8. The van der Waals surface area contributed by atoms with E-state index in [0.717, 1.165) is 11.1 Å². The average Bonchev–Trinajstić information content (AvgIpc) is 3.32. The molecular weight excluding hydrogens is 472 g/mol. The van der Waals surface area contributed by atoms with Crippen LogP contribution in [0, 0.1) is 0 Å². The van der Waals surface area contributed by atoms with Crippen LogP contribution in [-0.2, 0) is 11.2 Å². The highest BCUT2D eigenvalue weighted by Crippen LogP contribution is 2.28. The van der Waals surface area contributed by atoms with Crippen molar-refractivity contribution < 1.29 is 14.3 Å². The molecule has 1 heterocycles. The fourth-order valence-corrected chi connectivity index (χ4v) is 4.20. The van der Waals surface area contributed by atoms with Gasteiger partial charge in [-0.1, -0.05) is 71.5 Å². The number of aromatic nitrogens is 2. The van der Waals surface area contributed by atoms with E-state index in [0.29, 0.717) is 32.9 Å². The Hall–Kier alpha value is -3.75. The number of carbonyl (C=O) groups excluding carboxylic acids is 2. The van der Waals surface area contributed by atoms with Gasteiger partial charge in [0.05, 0.1) is 7.11 Å². The average molecular weight is 493 g/mol. The van der Waals surface area contributed by atoms with Crippen molar-refractivity contribution in [3.8, 4) is 16.3 Å². The van der Waals surface area contributed by atoms with Crippen LogP contribution in [0.2, 0.25) is 5.02 Å². The standard InChI is InChI=1S/C25H21ClN4O3S/c1-33-20-12-6-10-18(15-20)24-29-30-25(34-24)28-23(32)21(13-16-7-3-2-4-8-16)27-22(31)17-9-5-11-19(26)14-17/h2-12,14-15,21H,13H2,1H3,(H,27,31)(H,28,30,32)/t21-/m1/s1. The SMILES string of the molecule is COc1cccc(-c2nnc(NC(=O)[C@@H](Cc3ccccc3)NC(=O)c3cccc(Cl)c3)s2)c1. The number of hydrogen-bond donors (Lipinski definition) is 2. The minimum Gasteiger partial charge on any atom is -0.497 e. The first-order valence-corrected chi connectivity index (χ1v) is 11.6. The van der Waals surface area contributed by atoms with Crippen LogP contribution in [-0.4, -0.2) is 35.2 Å².